The van der Waals surface area contributed by atoms with Crippen molar-refractivity contribution in [2.75, 3.05) is 0 Å². The maximum atomic E-state index is 10.8. The molecule has 2 rings (SSSR count). The van der Waals surface area contributed by atoms with Crippen molar-refractivity contribution >= 4 is 17.7 Å². The highest BCUT2D eigenvalue weighted by molar-refractivity contribution is 6.16. The van der Waals surface area contributed by atoms with Gasteiger partial charge in [0.1, 0.15) is 0 Å². The molecular formula is C11H9NO5. The van der Waals surface area contributed by atoms with Crippen molar-refractivity contribution in [3.8, 4) is 5.75 Å². The van der Waals surface area contributed by atoms with Crippen LogP contribution in [0.4, 0.5) is 0 Å². The Hall–Kier alpha value is -2.37. The van der Waals surface area contributed by atoms with Gasteiger partial charge in [0.05, 0.1) is 5.71 Å². The molecule has 0 saturated heterocycles. The first-order valence-electron chi connectivity index (χ1n) is 4.87. The first-order chi connectivity index (χ1) is 8.09. The van der Waals surface area contributed by atoms with E-state index in [1.165, 1.54) is 0 Å². The lowest BCUT2D eigenvalue weighted by Crippen LogP contribution is -2.34. The minimum absolute atomic E-state index is 0.0105. The first kappa shape index (κ1) is 11.1. The second kappa shape index (κ2) is 4.25. The predicted molar refractivity (Wildman–Crippen MR) is 57.0 cm³/mol. The number of hydrogen-bond acceptors (Lipinski definition) is 4. The number of para-hydroxylation sites is 1. The van der Waals surface area contributed by atoms with E-state index >= 15 is 0 Å². The van der Waals surface area contributed by atoms with Gasteiger partial charge in [0.2, 0.25) is 0 Å². The van der Waals surface area contributed by atoms with Gasteiger partial charge in [0, 0.05) is 12.0 Å². The van der Waals surface area contributed by atoms with Crippen molar-refractivity contribution in [3.05, 3.63) is 29.8 Å². The second-order valence-corrected chi connectivity index (χ2v) is 3.57. The Balaban J connectivity index is 2.29. The topological polar surface area (TPSA) is 96.2 Å². The highest BCUT2D eigenvalue weighted by Crippen LogP contribution is 2.24. The number of carboxylic acid groups (broad SMARTS) is 2. The maximum Gasteiger partial charge on any atom is 0.323 e. The molecule has 0 unspecified atom stereocenters. The fourth-order valence-corrected chi connectivity index (χ4v) is 1.62. The lowest BCUT2D eigenvalue weighted by atomic mass is 9.96. The van der Waals surface area contributed by atoms with Crippen molar-refractivity contribution in [1.29, 1.82) is 0 Å². The van der Waals surface area contributed by atoms with Crippen molar-refractivity contribution in [2.45, 2.75) is 6.42 Å². The molecule has 1 aliphatic rings. The van der Waals surface area contributed by atoms with Gasteiger partial charge < -0.3 is 15.1 Å². The summed E-state index contributed by atoms with van der Waals surface area (Å²) in [7, 11) is 0. The number of hydrogen-bond donors (Lipinski definition) is 2. The summed E-state index contributed by atoms with van der Waals surface area (Å²) in [5, 5.41) is 21.2. The number of carbonyl (C=O) groups is 2. The van der Waals surface area contributed by atoms with Crippen molar-refractivity contribution in [1.82, 2.24) is 0 Å². The van der Waals surface area contributed by atoms with Gasteiger partial charge in [-0.25, -0.2) is 0 Å². The number of aliphatic carboxylic acids is 2. The lowest BCUT2D eigenvalue weighted by molar-refractivity contribution is -0.150. The maximum absolute atomic E-state index is 10.8. The standard InChI is InChI=1S/C11H9NO5/c13-10(14)9(11(15)16)7-5-6-3-1-2-4-8(6)17-12-7/h1-4,9H,5H2,(H,13,14)(H,15,16). The molecule has 0 radical (unpaired) electrons. The Morgan fingerprint density at radius 1 is 1.24 bits per heavy atom. The molecule has 88 valence electrons. The van der Waals surface area contributed by atoms with E-state index in [2.05, 4.69) is 5.16 Å². The summed E-state index contributed by atoms with van der Waals surface area (Å²) in [4.78, 5) is 26.6. The van der Waals surface area contributed by atoms with Crippen LogP contribution in [0, 0.1) is 5.92 Å². The van der Waals surface area contributed by atoms with E-state index in [4.69, 9.17) is 15.1 Å². The molecule has 0 amide bonds. The van der Waals surface area contributed by atoms with Gasteiger partial charge in [-0.15, -0.1) is 0 Å². The Morgan fingerprint density at radius 2 is 1.88 bits per heavy atom. The fourth-order valence-electron chi connectivity index (χ4n) is 1.62. The highest BCUT2D eigenvalue weighted by atomic mass is 16.6. The first-order valence-corrected chi connectivity index (χ1v) is 4.87. The number of fused-ring (bicyclic) bond motifs is 1. The van der Waals surface area contributed by atoms with Crippen LogP contribution in [0.1, 0.15) is 5.56 Å². The van der Waals surface area contributed by atoms with Crippen molar-refractivity contribution in [2.24, 2.45) is 11.1 Å². The van der Waals surface area contributed by atoms with Gasteiger partial charge in [-0.05, 0) is 6.07 Å². The molecule has 1 aromatic rings. The molecule has 0 saturated carbocycles. The Labute approximate surface area is 96.1 Å². The van der Waals surface area contributed by atoms with E-state index in [1.807, 2.05) is 0 Å². The van der Waals surface area contributed by atoms with Crippen LogP contribution in [0.15, 0.2) is 29.4 Å². The molecule has 0 atom stereocenters. The number of benzene rings is 1. The van der Waals surface area contributed by atoms with Crippen LogP contribution in [0.25, 0.3) is 0 Å². The third-order valence-corrected chi connectivity index (χ3v) is 2.43. The Morgan fingerprint density at radius 3 is 2.53 bits per heavy atom. The number of nitrogens with zero attached hydrogens (tertiary/aromatic N) is 1. The lowest BCUT2D eigenvalue weighted by Gasteiger charge is -2.17. The van der Waals surface area contributed by atoms with Gasteiger partial charge in [0.15, 0.2) is 11.7 Å². The molecule has 1 aliphatic heterocycles. The SMILES string of the molecule is O=C(O)C(C(=O)O)C1=NOc2ccccc2C1. The molecule has 0 aromatic heterocycles. The summed E-state index contributed by atoms with van der Waals surface area (Å²) >= 11 is 0. The van der Waals surface area contributed by atoms with E-state index in [0.717, 1.165) is 5.56 Å². The summed E-state index contributed by atoms with van der Waals surface area (Å²) in [6.45, 7) is 0. The van der Waals surface area contributed by atoms with Crippen molar-refractivity contribution in [3.63, 3.8) is 0 Å². The summed E-state index contributed by atoms with van der Waals surface area (Å²) < 4.78 is 0. The minimum Gasteiger partial charge on any atom is -0.480 e. The third kappa shape index (κ3) is 2.10. The Kier molecular flexibility index (Phi) is 2.78. The van der Waals surface area contributed by atoms with Crippen LogP contribution in [-0.4, -0.2) is 27.9 Å². The van der Waals surface area contributed by atoms with Crippen LogP contribution in [0.2, 0.25) is 0 Å². The minimum atomic E-state index is -1.66. The summed E-state index contributed by atoms with van der Waals surface area (Å²) in [6.07, 6.45) is 0.166. The summed E-state index contributed by atoms with van der Waals surface area (Å²) in [5.74, 6) is -4.03. The van der Waals surface area contributed by atoms with E-state index < -0.39 is 17.9 Å². The largest absolute Gasteiger partial charge is 0.480 e. The molecule has 6 heteroatoms. The molecule has 1 heterocycles. The summed E-state index contributed by atoms with van der Waals surface area (Å²) in [5.41, 5.74) is 0.716. The Bertz CT molecular complexity index is 494. The van der Waals surface area contributed by atoms with E-state index in [0.29, 0.717) is 5.75 Å². The molecule has 1 aromatic carbocycles. The zero-order valence-electron chi connectivity index (χ0n) is 8.66. The fraction of sp³-hybridized carbons (Fsp3) is 0.182. The van der Waals surface area contributed by atoms with Gasteiger partial charge in [-0.3, -0.25) is 9.59 Å². The average molecular weight is 235 g/mol. The van der Waals surface area contributed by atoms with Gasteiger partial charge in [-0.1, -0.05) is 23.4 Å². The average Bonchev–Trinajstić information content (AvgIpc) is 2.28. The van der Waals surface area contributed by atoms with E-state index in [-0.39, 0.29) is 12.1 Å². The number of rotatable bonds is 3. The molecule has 0 fully saturated rings. The molecule has 17 heavy (non-hydrogen) atoms. The molecule has 6 nitrogen and oxygen atoms in total. The number of carboxylic acids is 2. The van der Waals surface area contributed by atoms with Crippen molar-refractivity contribution < 1.29 is 24.6 Å². The highest BCUT2D eigenvalue weighted by Gasteiger charge is 2.34. The quantitative estimate of drug-likeness (QED) is 0.754. The zero-order valence-corrected chi connectivity index (χ0v) is 8.66. The molecular weight excluding hydrogens is 226 g/mol. The van der Waals surface area contributed by atoms with Crippen LogP contribution in [0.5, 0.6) is 5.75 Å². The number of oxime groups is 1. The molecule has 0 spiro atoms. The zero-order chi connectivity index (χ0) is 12.4. The molecule has 2 N–H and O–H groups in total. The van der Waals surface area contributed by atoms with Crippen LogP contribution >= 0.6 is 0 Å². The van der Waals surface area contributed by atoms with Gasteiger partial charge in [-0.2, -0.15) is 0 Å². The predicted octanol–water partition coefficient (Wildman–Crippen LogP) is 0.763. The molecule has 0 aliphatic carbocycles. The third-order valence-electron chi connectivity index (χ3n) is 2.43. The van der Waals surface area contributed by atoms with Gasteiger partial charge in [0.25, 0.3) is 0 Å². The monoisotopic (exact) mass is 235 g/mol. The van der Waals surface area contributed by atoms with Crippen LogP contribution in [0.3, 0.4) is 0 Å². The van der Waals surface area contributed by atoms with Gasteiger partial charge >= 0.3 is 11.9 Å². The molecule has 0 bridgehead atoms. The van der Waals surface area contributed by atoms with Crippen LogP contribution in [-0.2, 0) is 16.0 Å². The van der Waals surface area contributed by atoms with E-state index in [1.54, 1.807) is 24.3 Å². The normalized spacial score (nSPS) is 13.6. The smallest absolute Gasteiger partial charge is 0.323 e. The second-order valence-electron chi connectivity index (χ2n) is 3.57. The summed E-state index contributed by atoms with van der Waals surface area (Å²) in [6, 6.07) is 6.95. The van der Waals surface area contributed by atoms with Crippen LogP contribution < -0.4 is 4.84 Å². The van der Waals surface area contributed by atoms with E-state index in [9.17, 15) is 9.59 Å².